The van der Waals surface area contributed by atoms with Crippen LogP contribution in [-0.4, -0.2) is 60.5 Å². The van der Waals surface area contributed by atoms with Crippen LogP contribution in [0.3, 0.4) is 0 Å². The second-order valence-corrected chi connectivity index (χ2v) is 17.1. The highest BCUT2D eigenvalue weighted by atomic mass is 15.3. The molecule has 0 aliphatic carbocycles. The molecule has 52 heavy (non-hydrogen) atoms. The van der Waals surface area contributed by atoms with Crippen LogP contribution in [0.5, 0.6) is 0 Å². The molecular weight excluding hydrogens is 649 g/mol. The van der Waals surface area contributed by atoms with Crippen LogP contribution in [0.2, 0.25) is 0 Å². The molecule has 12 nitrogen and oxygen atoms in total. The molecule has 0 spiro atoms. The molecule has 3 N–H and O–H groups in total. The van der Waals surface area contributed by atoms with Crippen molar-refractivity contribution in [3.8, 4) is 0 Å². The Morgan fingerprint density at radius 2 is 0.827 bits per heavy atom. The number of nitrogens with zero attached hydrogens (tertiary/aromatic N) is 9. The van der Waals surface area contributed by atoms with Gasteiger partial charge in [-0.1, -0.05) is 138 Å². The van der Waals surface area contributed by atoms with Gasteiger partial charge in [0.05, 0.1) is 11.9 Å². The van der Waals surface area contributed by atoms with Gasteiger partial charge in [0.1, 0.15) is 37.0 Å². The molecule has 0 saturated heterocycles. The normalized spacial score (nSPS) is 10.1. The van der Waals surface area contributed by atoms with Gasteiger partial charge in [0.15, 0.2) is 0 Å². The Balaban J connectivity index is -0.000000261. The molecule has 0 aliphatic heterocycles. The fourth-order valence-corrected chi connectivity index (χ4v) is 2.91. The molecule has 4 rings (SSSR count). The first-order valence-electron chi connectivity index (χ1n) is 19.4. The number of aromatic nitrogens is 12. The average Bonchev–Trinajstić information content (AvgIpc) is 3.78. The summed E-state index contributed by atoms with van der Waals surface area (Å²) in [7, 11) is 0. The van der Waals surface area contributed by atoms with E-state index in [9.17, 15) is 0 Å². The molecule has 4 heterocycles. The maximum absolute atomic E-state index is 3.99. The highest BCUT2D eigenvalue weighted by Gasteiger charge is 1.99. The molecule has 12 heteroatoms. The van der Waals surface area contributed by atoms with Gasteiger partial charge >= 0.3 is 0 Å². The van der Waals surface area contributed by atoms with Crippen molar-refractivity contribution in [2.75, 3.05) is 0 Å². The Morgan fingerprint density at radius 1 is 0.481 bits per heavy atom. The van der Waals surface area contributed by atoms with Crippen molar-refractivity contribution < 1.29 is 0 Å². The van der Waals surface area contributed by atoms with E-state index in [1.165, 1.54) is 12.7 Å². The van der Waals surface area contributed by atoms with Crippen molar-refractivity contribution >= 4 is 0 Å². The van der Waals surface area contributed by atoms with Crippen LogP contribution in [0, 0.1) is 47.3 Å². The SMILES string of the molecule is CC(C)C.CC(C)C.CC(C)C.CC(C)C.CC(C)Cc1cn[nH]n1.CC(C)Cc1ncn[nH]1.CC(C)Cc1ncn[nH]1.CC(C)Cn1cnnc1. The molecule has 0 atom stereocenters. The van der Waals surface area contributed by atoms with Gasteiger partial charge in [-0.2, -0.15) is 25.6 Å². The van der Waals surface area contributed by atoms with Gasteiger partial charge in [-0.05, 0) is 53.8 Å². The van der Waals surface area contributed by atoms with Crippen molar-refractivity contribution in [2.24, 2.45) is 47.3 Å². The van der Waals surface area contributed by atoms with Crippen LogP contribution in [0.4, 0.5) is 0 Å². The summed E-state index contributed by atoms with van der Waals surface area (Å²) < 4.78 is 1.98. The summed E-state index contributed by atoms with van der Waals surface area (Å²) in [5.74, 6) is 7.92. The third-order valence-corrected chi connectivity index (χ3v) is 4.26. The first-order chi connectivity index (χ1) is 24.1. The zero-order valence-electron chi connectivity index (χ0n) is 37.4. The lowest BCUT2D eigenvalue weighted by Gasteiger charge is -2.02. The third kappa shape index (κ3) is 58.7. The molecule has 0 bridgehead atoms. The van der Waals surface area contributed by atoms with E-state index < -0.39 is 0 Å². The van der Waals surface area contributed by atoms with Gasteiger partial charge in [-0.3, -0.25) is 10.2 Å². The molecule has 0 fully saturated rings. The minimum atomic E-state index is 0.651. The highest BCUT2D eigenvalue weighted by Crippen LogP contribution is 2.01. The van der Waals surface area contributed by atoms with Crippen LogP contribution in [-0.2, 0) is 25.8 Å². The van der Waals surface area contributed by atoms with Gasteiger partial charge in [-0.25, -0.2) is 9.97 Å². The van der Waals surface area contributed by atoms with Crippen molar-refractivity contribution in [2.45, 2.75) is 164 Å². The number of hydrogen-bond donors (Lipinski definition) is 3. The molecule has 0 aliphatic rings. The van der Waals surface area contributed by atoms with Crippen molar-refractivity contribution in [3.05, 3.63) is 48.8 Å². The first-order valence-corrected chi connectivity index (χ1v) is 19.4. The molecule has 4 aromatic heterocycles. The standard InChI is InChI=1S/4C6H11N3.4C4H10/c1-6(2)3-9-4-7-8-5-9;2*1-5(2)3-6-7-4-8-9-6;1-5(2)3-6-4-7-9-8-6;4*1-4(2)3/h4-6H,3H2,1-2H3;3*4-5H,3H2,1-2H3,(H,7,8,9);4*4H,1-3H3. The summed E-state index contributed by atoms with van der Waals surface area (Å²) in [5.41, 5.74) is 1.05. The average molecular weight is 733 g/mol. The molecule has 304 valence electrons. The van der Waals surface area contributed by atoms with Gasteiger partial charge in [0, 0.05) is 19.4 Å². The zero-order chi connectivity index (χ0) is 41.1. The predicted octanol–water partition coefficient (Wildman–Crippen LogP) is 10.6. The minimum Gasteiger partial charge on any atom is -0.320 e. The lowest BCUT2D eigenvalue weighted by molar-refractivity contribution is 0.521. The van der Waals surface area contributed by atoms with Crippen LogP contribution in [0.1, 0.15) is 156 Å². The van der Waals surface area contributed by atoms with E-state index in [-0.39, 0.29) is 0 Å². The topological polar surface area (TPSA) is 155 Å². The van der Waals surface area contributed by atoms with Crippen LogP contribution in [0.15, 0.2) is 31.5 Å². The van der Waals surface area contributed by atoms with Gasteiger partial charge < -0.3 is 4.57 Å². The smallest absolute Gasteiger partial charge is 0.137 e. The Hall–Kier alpha value is -3.44. The predicted molar refractivity (Wildman–Crippen MR) is 222 cm³/mol. The molecule has 0 unspecified atom stereocenters. The number of aromatic amines is 3. The van der Waals surface area contributed by atoms with E-state index in [2.05, 4.69) is 194 Å². The van der Waals surface area contributed by atoms with E-state index in [0.29, 0.717) is 23.7 Å². The van der Waals surface area contributed by atoms with Crippen molar-refractivity contribution in [1.29, 1.82) is 0 Å². The summed E-state index contributed by atoms with van der Waals surface area (Å²) in [5, 5.41) is 30.7. The monoisotopic (exact) mass is 733 g/mol. The Kier molecular flexibility index (Phi) is 39.7. The summed E-state index contributed by atoms with van der Waals surface area (Å²) in [6.45, 7) is 44.3. The maximum atomic E-state index is 3.99. The number of nitrogens with one attached hydrogen (secondary N) is 3. The molecular formula is C40H84N12. The summed E-state index contributed by atoms with van der Waals surface area (Å²) in [6, 6.07) is 0. The lowest BCUT2D eigenvalue weighted by Crippen LogP contribution is -2.00. The van der Waals surface area contributed by atoms with E-state index in [1.807, 2.05) is 4.57 Å². The molecule has 0 radical (unpaired) electrons. The van der Waals surface area contributed by atoms with E-state index in [4.69, 9.17) is 0 Å². The Labute approximate surface area is 320 Å². The zero-order valence-corrected chi connectivity index (χ0v) is 37.4. The number of hydrogen-bond acceptors (Lipinski definition) is 8. The molecule has 0 saturated carbocycles. The fraction of sp³-hybridized carbons (Fsp3) is 0.800. The van der Waals surface area contributed by atoms with Gasteiger partial charge in [0.25, 0.3) is 0 Å². The minimum absolute atomic E-state index is 0.651. The Bertz CT molecular complexity index is 934. The number of H-pyrrole nitrogens is 3. The first kappa shape index (κ1) is 55.3. The summed E-state index contributed by atoms with van der Waals surface area (Å²) in [6.07, 6.45) is 11.3. The third-order valence-electron chi connectivity index (χ3n) is 4.26. The molecule has 4 aromatic rings. The molecule has 0 aromatic carbocycles. The molecule has 0 amide bonds. The van der Waals surface area contributed by atoms with E-state index >= 15 is 0 Å². The van der Waals surface area contributed by atoms with Crippen LogP contribution in [0.25, 0.3) is 0 Å². The fourth-order valence-electron chi connectivity index (χ4n) is 2.91. The second-order valence-electron chi connectivity index (χ2n) is 17.1. The second kappa shape index (κ2) is 37.3. The van der Waals surface area contributed by atoms with Crippen molar-refractivity contribution in [1.82, 2.24) is 60.5 Å². The van der Waals surface area contributed by atoms with Crippen LogP contribution < -0.4 is 0 Å². The Morgan fingerprint density at radius 3 is 1.06 bits per heavy atom. The largest absolute Gasteiger partial charge is 0.320 e. The van der Waals surface area contributed by atoms with Gasteiger partial charge in [0.2, 0.25) is 0 Å². The van der Waals surface area contributed by atoms with Crippen LogP contribution >= 0.6 is 0 Å². The maximum Gasteiger partial charge on any atom is 0.137 e. The van der Waals surface area contributed by atoms with E-state index in [1.54, 1.807) is 18.9 Å². The quantitative estimate of drug-likeness (QED) is 0.162. The summed E-state index contributed by atoms with van der Waals surface area (Å²) in [4.78, 5) is 7.98. The van der Waals surface area contributed by atoms with Crippen molar-refractivity contribution in [3.63, 3.8) is 0 Å². The highest BCUT2D eigenvalue weighted by molar-refractivity contribution is 4.90. The number of rotatable bonds is 8. The van der Waals surface area contributed by atoms with E-state index in [0.717, 1.165) is 66.8 Å². The van der Waals surface area contributed by atoms with Gasteiger partial charge in [-0.15, -0.1) is 10.2 Å². The summed E-state index contributed by atoms with van der Waals surface area (Å²) >= 11 is 0. The lowest BCUT2D eigenvalue weighted by atomic mass is 10.1.